The number of amides is 3. The average Bonchev–Trinajstić information content (AvgIpc) is 3.10. The molecular weight excluding hydrogens is 410 g/mol. The lowest BCUT2D eigenvalue weighted by Crippen LogP contribution is -2.67. The van der Waals surface area contributed by atoms with E-state index in [1.807, 2.05) is 25.1 Å². The second-order valence-electron chi connectivity index (χ2n) is 8.21. The molecule has 3 aliphatic rings. The first-order valence-electron chi connectivity index (χ1n) is 9.92. The molecule has 1 N–H and O–H groups in total. The molecule has 0 aliphatic carbocycles. The summed E-state index contributed by atoms with van der Waals surface area (Å²) in [4.78, 5) is 44.6. The summed E-state index contributed by atoms with van der Waals surface area (Å²) in [6, 6.07) is 4.65. The fourth-order valence-electron chi connectivity index (χ4n) is 4.63. The van der Waals surface area contributed by atoms with Gasteiger partial charge in [-0.3, -0.25) is 24.7 Å². The van der Waals surface area contributed by atoms with Gasteiger partial charge in [0.05, 0.1) is 7.11 Å². The third kappa shape index (κ3) is 3.30. The van der Waals surface area contributed by atoms with Gasteiger partial charge in [0.1, 0.15) is 25.0 Å². The van der Waals surface area contributed by atoms with E-state index in [1.165, 1.54) is 12.0 Å². The quantitative estimate of drug-likeness (QED) is 0.710. The van der Waals surface area contributed by atoms with Crippen molar-refractivity contribution in [3.63, 3.8) is 0 Å². The van der Waals surface area contributed by atoms with Crippen molar-refractivity contribution in [2.45, 2.75) is 32.3 Å². The number of nitrogens with zero attached hydrogens (tertiary/aromatic N) is 4. The van der Waals surface area contributed by atoms with Crippen molar-refractivity contribution in [3.8, 4) is 0 Å². The molecule has 0 radical (unpaired) electrons. The van der Waals surface area contributed by atoms with Crippen molar-refractivity contribution in [1.82, 2.24) is 20.0 Å². The highest BCUT2D eigenvalue weighted by Gasteiger charge is 2.57. The molecule has 162 valence electrons. The Morgan fingerprint density at radius 3 is 2.73 bits per heavy atom. The number of esters is 1. The maximum Gasteiger partial charge on any atom is 0.328 e. The Labute approximate surface area is 180 Å². The van der Waals surface area contributed by atoms with Crippen LogP contribution in [-0.4, -0.2) is 84.9 Å². The second-order valence-corrected chi connectivity index (χ2v) is 8.65. The number of likely N-dealkylation sites (N-methyl/N-ethyl adjacent to an activating group) is 1. The number of carbonyl (C=O) groups is 3. The van der Waals surface area contributed by atoms with Gasteiger partial charge in [-0.15, -0.1) is 0 Å². The zero-order valence-corrected chi connectivity index (χ0v) is 18.2. The van der Waals surface area contributed by atoms with Gasteiger partial charge >= 0.3 is 12.0 Å². The molecule has 4 unspecified atom stereocenters. The van der Waals surface area contributed by atoms with Gasteiger partial charge < -0.3 is 14.5 Å². The van der Waals surface area contributed by atoms with E-state index in [1.54, 1.807) is 7.05 Å². The Kier molecular flexibility index (Phi) is 5.37. The summed E-state index contributed by atoms with van der Waals surface area (Å²) >= 11 is 6.27. The van der Waals surface area contributed by atoms with Crippen molar-refractivity contribution < 1.29 is 19.1 Å². The molecule has 0 saturated carbocycles. The smallest absolute Gasteiger partial charge is 0.328 e. The van der Waals surface area contributed by atoms with Crippen LogP contribution in [0.1, 0.15) is 12.5 Å². The van der Waals surface area contributed by atoms with Crippen LogP contribution in [0.5, 0.6) is 0 Å². The van der Waals surface area contributed by atoms with Crippen LogP contribution >= 0.6 is 11.6 Å². The molecule has 10 heteroatoms. The van der Waals surface area contributed by atoms with E-state index in [2.05, 4.69) is 26.8 Å². The predicted molar refractivity (Wildman–Crippen MR) is 111 cm³/mol. The molecule has 3 saturated heterocycles. The number of nitrogens with one attached hydrogen (secondary N) is 1. The molecule has 3 heterocycles. The summed E-state index contributed by atoms with van der Waals surface area (Å²) in [6.45, 7) is 5.23. The van der Waals surface area contributed by atoms with Crippen LogP contribution in [0.25, 0.3) is 0 Å². The third-order valence-electron chi connectivity index (χ3n) is 6.08. The van der Waals surface area contributed by atoms with E-state index in [0.29, 0.717) is 11.6 Å². The van der Waals surface area contributed by atoms with Crippen molar-refractivity contribution in [1.29, 1.82) is 0 Å². The van der Waals surface area contributed by atoms with Gasteiger partial charge in [-0.25, -0.2) is 4.79 Å². The lowest BCUT2D eigenvalue weighted by molar-refractivity contribution is -0.149. The fraction of sp³-hybridized carbons (Fsp3) is 0.550. The van der Waals surface area contributed by atoms with E-state index < -0.39 is 30.8 Å². The minimum Gasteiger partial charge on any atom is -0.468 e. The molecule has 4 atom stereocenters. The number of hydrogen-bond donors (Lipinski definition) is 1. The van der Waals surface area contributed by atoms with Crippen LogP contribution in [0.15, 0.2) is 18.2 Å². The first-order valence-corrected chi connectivity index (χ1v) is 10.3. The minimum atomic E-state index is -0.630. The number of anilines is 1. The Morgan fingerprint density at radius 1 is 1.30 bits per heavy atom. The van der Waals surface area contributed by atoms with Crippen molar-refractivity contribution >= 4 is 35.2 Å². The maximum atomic E-state index is 13.3. The van der Waals surface area contributed by atoms with Gasteiger partial charge in [0.25, 0.3) is 5.91 Å². The van der Waals surface area contributed by atoms with Gasteiger partial charge in [0, 0.05) is 30.8 Å². The number of urea groups is 1. The fourth-order valence-corrected chi connectivity index (χ4v) is 4.80. The summed E-state index contributed by atoms with van der Waals surface area (Å²) in [5, 5.41) is 4.10. The second kappa shape index (κ2) is 7.72. The SMILES string of the molecule is COC(=O)CN1C(=O)C2C(NC3N(c4cc(Cl)ccc4C)CC(C)CN23)N(C)C1=O. The molecule has 1 aromatic rings. The number of aryl methyl sites for hydroxylation is 1. The number of benzene rings is 1. The molecular formula is C20H26ClN5O4. The number of methoxy groups -OCH3 is 1. The summed E-state index contributed by atoms with van der Waals surface area (Å²) in [5.74, 6) is -0.736. The maximum absolute atomic E-state index is 13.3. The number of carbonyl (C=O) groups excluding carboxylic acids is 3. The van der Waals surface area contributed by atoms with Crippen LogP contribution in [0, 0.1) is 12.8 Å². The number of fused-ring (bicyclic) bond motifs is 3. The Hall–Kier alpha value is -2.36. The number of ether oxygens (including phenoxy) is 1. The summed E-state index contributed by atoms with van der Waals surface area (Å²) < 4.78 is 4.67. The molecule has 30 heavy (non-hydrogen) atoms. The van der Waals surface area contributed by atoms with Crippen molar-refractivity contribution in [2.24, 2.45) is 5.92 Å². The highest BCUT2D eigenvalue weighted by molar-refractivity contribution is 6.30. The lowest BCUT2D eigenvalue weighted by Gasteiger charge is -2.46. The van der Waals surface area contributed by atoms with Gasteiger partial charge in [0.15, 0.2) is 0 Å². The minimum absolute atomic E-state index is 0.273. The van der Waals surface area contributed by atoms with Gasteiger partial charge in [-0.1, -0.05) is 24.6 Å². The summed E-state index contributed by atoms with van der Waals surface area (Å²) in [7, 11) is 2.87. The zero-order chi connectivity index (χ0) is 21.7. The van der Waals surface area contributed by atoms with E-state index in [-0.39, 0.29) is 18.1 Å². The third-order valence-corrected chi connectivity index (χ3v) is 6.32. The van der Waals surface area contributed by atoms with E-state index in [4.69, 9.17) is 11.6 Å². The first-order chi connectivity index (χ1) is 14.2. The van der Waals surface area contributed by atoms with Crippen LogP contribution in [0.2, 0.25) is 5.02 Å². The Balaban J connectivity index is 1.69. The monoisotopic (exact) mass is 435 g/mol. The molecule has 0 bridgehead atoms. The predicted octanol–water partition coefficient (Wildman–Crippen LogP) is 1.06. The number of imide groups is 1. The standard InChI is InChI=1S/C20H26ClN5O4/c1-11-8-24(14-7-13(21)6-5-12(14)2)19-22-17-16(25(19)9-11)18(28)26(10-15(27)30-4)20(29)23(17)3/h5-7,11,16-17,19,22H,8-10H2,1-4H3. The topological polar surface area (TPSA) is 85.4 Å². The van der Waals surface area contributed by atoms with Crippen LogP contribution in [-0.2, 0) is 14.3 Å². The molecule has 4 rings (SSSR count). The normalized spacial score (nSPS) is 29.2. The number of rotatable bonds is 3. The molecule has 3 fully saturated rings. The Bertz CT molecular complexity index is 896. The zero-order valence-electron chi connectivity index (χ0n) is 17.5. The highest BCUT2D eigenvalue weighted by Crippen LogP contribution is 2.36. The highest BCUT2D eigenvalue weighted by atomic mass is 35.5. The molecule has 0 spiro atoms. The largest absolute Gasteiger partial charge is 0.468 e. The van der Waals surface area contributed by atoms with E-state index in [0.717, 1.165) is 22.7 Å². The van der Waals surface area contributed by atoms with E-state index in [9.17, 15) is 14.4 Å². The van der Waals surface area contributed by atoms with Gasteiger partial charge in [-0.05, 0) is 30.5 Å². The first kappa shape index (κ1) is 20.9. The van der Waals surface area contributed by atoms with Crippen LogP contribution in [0.4, 0.5) is 10.5 Å². The number of hydrogen-bond acceptors (Lipinski definition) is 7. The molecule has 9 nitrogen and oxygen atoms in total. The number of halogens is 1. The van der Waals surface area contributed by atoms with Crippen molar-refractivity contribution in [3.05, 3.63) is 28.8 Å². The average molecular weight is 436 g/mol. The van der Waals surface area contributed by atoms with Crippen LogP contribution in [0.3, 0.4) is 0 Å². The molecule has 3 amide bonds. The molecule has 0 aromatic heterocycles. The van der Waals surface area contributed by atoms with Gasteiger partial charge in [0.2, 0.25) is 0 Å². The Morgan fingerprint density at radius 2 is 2.03 bits per heavy atom. The van der Waals surface area contributed by atoms with Crippen LogP contribution < -0.4 is 10.2 Å². The van der Waals surface area contributed by atoms with E-state index >= 15 is 0 Å². The lowest BCUT2D eigenvalue weighted by atomic mass is 10.0. The molecule has 1 aromatic carbocycles. The van der Waals surface area contributed by atoms with Crippen molar-refractivity contribution in [2.75, 3.05) is 38.7 Å². The van der Waals surface area contributed by atoms with Gasteiger partial charge in [-0.2, -0.15) is 0 Å². The summed E-state index contributed by atoms with van der Waals surface area (Å²) in [6.07, 6.45) is -0.762. The molecule has 3 aliphatic heterocycles. The summed E-state index contributed by atoms with van der Waals surface area (Å²) in [5.41, 5.74) is 2.07.